The quantitative estimate of drug-likeness (QED) is 0.607. The first-order valence-corrected chi connectivity index (χ1v) is 9.63. The first-order chi connectivity index (χ1) is 14.1. The van der Waals surface area contributed by atoms with Gasteiger partial charge in [-0.25, -0.2) is 4.68 Å². The van der Waals surface area contributed by atoms with E-state index in [1.54, 1.807) is 25.1 Å². The van der Waals surface area contributed by atoms with Crippen LogP contribution >= 0.6 is 11.6 Å². The van der Waals surface area contributed by atoms with Crippen LogP contribution in [0.3, 0.4) is 0 Å². The maximum atomic E-state index is 13.8. The molecular weight excluding hydrogens is 421 g/mol. The second-order valence-electron chi connectivity index (χ2n) is 6.72. The van der Waals surface area contributed by atoms with E-state index in [1.807, 2.05) is 6.92 Å². The van der Waals surface area contributed by atoms with Gasteiger partial charge in [0.15, 0.2) is 12.3 Å². The Labute approximate surface area is 176 Å². The Morgan fingerprint density at radius 3 is 2.70 bits per heavy atom. The molecule has 10 heteroatoms. The molecule has 3 aromatic rings. The van der Waals surface area contributed by atoms with Gasteiger partial charge >= 0.3 is 6.18 Å². The number of carbonyl (C=O) groups is 1. The van der Waals surface area contributed by atoms with Crippen LogP contribution in [0.25, 0.3) is 16.7 Å². The Morgan fingerprint density at radius 2 is 2.03 bits per heavy atom. The van der Waals surface area contributed by atoms with Crippen molar-refractivity contribution in [1.29, 1.82) is 0 Å². The highest BCUT2D eigenvalue weighted by atomic mass is 35.5. The van der Waals surface area contributed by atoms with Gasteiger partial charge in [0.05, 0.1) is 22.3 Å². The minimum absolute atomic E-state index is 0.0309. The van der Waals surface area contributed by atoms with E-state index in [1.165, 1.54) is 11.6 Å². The van der Waals surface area contributed by atoms with E-state index in [0.717, 1.165) is 12.5 Å². The molecule has 1 aromatic carbocycles. The van der Waals surface area contributed by atoms with Crippen LogP contribution in [0.15, 0.2) is 24.3 Å². The summed E-state index contributed by atoms with van der Waals surface area (Å²) in [7, 11) is 0. The largest absolute Gasteiger partial charge is 0.467 e. The fourth-order valence-electron chi connectivity index (χ4n) is 3.01. The highest BCUT2D eigenvalue weighted by molar-refractivity contribution is 6.31. The number of carbonyl (C=O) groups excluding carboxylic acids is 1. The molecule has 0 bridgehead atoms. The number of pyridine rings is 1. The molecule has 0 atom stereocenters. The van der Waals surface area contributed by atoms with Gasteiger partial charge in [0.25, 0.3) is 5.91 Å². The monoisotopic (exact) mass is 440 g/mol. The Morgan fingerprint density at radius 1 is 1.30 bits per heavy atom. The van der Waals surface area contributed by atoms with Crippen molar-refractivity contribution >= 4 is 28.5 Å². The normalized spacial score (nSPS) is 11.7. The molecule has 2 heterocycles. The summed E-state index contributed by atoms with van der Waals surface area (Å²) in [5.41, 5.74) is 0.344. The molecule has 0 aliphatic heterocycles. The molecule has 0 spiro atoms. The van der Waals surface area contributed by atoms with Crippen molar-refractivity contribution in [3.8, 4) is 11.6 Å². The van der Waals surface area contributed by atoms with Crippen molar-refractivity contribution in [1.82, 2.24) is 20.1 Å². The number of amides is 1. The Bertz CT molecular complexity index is 1100. The molecule has 0 aliphatic rings. The molecule has 3 rings (SSSR count). The van der Waals surface area contributed by atoms with Crippen molar-refractivity contribution < 1.29 is 22.7 Å². The number of nitrogens with zero attached hydrogens (tertiary/aromatic N) is 3. The van der Waals surface area contributed by atoms with Crippen LogP contribution in [0.2, 0.25) is 5.02 Å². The maximum Gasteiger partial charge on any atom is 0.417 e. The van der Waals surface area contributed by atoms with E-state index in [0.29, 0.717) is 22.8 Å². The summed E-state index contributed by atoms with van der Waals surface area (Å²) in [5.74, 6) is -0.759. The summed E-state index contributed by atoms with van der Waals surface area (Å²) < 4.78 is 47.9. The number of aryl methyl sites for hydroxylation is 1. The molecule has 1 N–H and O–H groups in total. The van der Waals surface area contributed by atoms with E-state index in [2.05, 4.69) is 15.4 Å². The van der Waals surface area contributed by atoms with Gasteiger partial charge in [0.1, 0.15) is 0 Å². The Kier molecular flexibility index (Phi) is 6.21. The fraction of sp³-hybridized carbons (Fsp3) is 0.350. The van der Waals surface area contributed by atoms with Gasteiger partial charge in [0, 0.05) is 17.6 Å². The van der Waals surface area contributed by atoms with E-state index in [-0.39, 0.29) is 22.6 Å². The minimum atomic E-state index is -4.66. The van der Waals surface area contributed by atoms with Crippen LogP contribution in [0.1, 0.15) is 30.2 Å². The third-order valence-corrected chi connectivity index (χ3v) is 4.89. The molecule has 1 amide bonds. The lowest BCUT2D eigenvalue weighted by Crippen LogP contribution is -2.29. The van der Waals surface area contributed by atoms with Gasteiger partial charge in [0.2, 0.25) is 5.88 Å². The van der Waals surface area contributed by atoms with Gasteiger partial charge in [-0.15, -0.1) is 0 Å². The number of hydrogen-bond acceptors (Lipinski definition) is 4. The zero-order valence-corrected chi connectivity index (χ0v) is 17.4. The van der Waals surface area contributed by atoms with Gasteiger partial charge < -0.3 is 10.1 Å². The van der Waals surface area contributed by atoms with Crippen molar-refractivity contribution in [2.75, 3.05) is 13.2 Å². The zero-order chi connectivity index (χ0) is 22.1. The second kappa shape index (κ2) is 8.51. The zero-order valence-electron chi connectivity index (χ0n) is 16.6. The number of nitrogens with one attached hydrogen (secondary N) is 1. The number of aromatic nitrogens is 3. The Hall–Kier alpha value is -2.81. The highest BCUT2D eigenvalue weighted by Crippen LogP contribution is 2.38. The van der Waals surface area contributed by atoms with E-state index >= 15 is 0 Å². The Balaban J connectivity index is 2.14. The predicted octanol–water partition coefficient (Wildman–Crippen LogP) is 4.61. The smallest absolute Gasteiger partial charge is 0.417 e. The fourth-order valence-corrected chi connectivity index (χ4v) is 3.18. The second-order valence-corrected chi connectivity index (χ2v) is 7.13. The number of hydrogen-bond donors (Lipinski definition) is 1. The van der Waals surface area contributed by atoms with Crippen molar-refractivity contribution in [3.05, 3.63) is 46.1 Å². The molecule has 0 saturated heterocycles. The SMILES string of the molecule is CCCNC(=O)COc1cc(C(F)(F)F)c2c(C)nn(-c3cccc(Cl)c3C)c2n1. The molecule has 160 valence electrons. The molecule has 0 saturated carbocycles. The van der Waals surface area contributed by atoms with Crippen LogP contribution in [0, 0.1) is 13.8 Å². The number of rotatable bonds is 6. The molecule has 0 fully saturated rings. The summed E-state index contributed by atoms with van der Waals surface area (Å²) in [6.07, 6.45) is -3.93. The van der Waals surface area contributed by atoms with Gasteiger partial charge in [-0.3, -0.25) is 4.79 Å². The number of alkyl halides is 3. The van der Waals surface area contributed by atoms with Crippen molar-refractivity contribution in [3.63, 3.8) is 0 Å². The summed E-state index contributed by atoms with van der Waals surface area (Å²) in [5, 5.41) is 7.18. The highest BCUT2D eigenvalue weighted by Gasteiger charge is 2.36. The van der Waals surface area contributed by atoms with Crippen LogP contribution < -0.4 is 10.1 Å². The molecule has 0 unspecified atom stereocenters. The van der Waals surface area contributed by atoms with Gasteiger partial charge in [-0.2, -0.15) is 23.3 Å². The third kappa shape index (κ3) is 4.35. The average molecular weight is 441 g/mol. The molecule has 6 nitrogen and oxygen atoms in total. The topological polar surface area (TPSA) is 69.0 Å². The minimum Gasteiger partial charge on any atom is -0.467 e. The lowest BCUT2D eigenvalue weighted by molar-refractivity contribution is -0.136. The molecular formula is C20H20ClF3N4O2. The number of ether oxygens (including phenoxy) is 1. The average Bonchev–Trinajstić information content (AvgIpc) is 3.02. The summed E-state index contributed by atoms with van der Waals surface area (Å²) in [4.78, 5) is 16.0. The number of fused-ring (bicyclic) bond motifs is 1. The molecule has 2 aromatic heterocycles. The van der Waals surface area contributed by atoms with Gasteiger partial charge in [-0.05, 0) is 38.0 Å². The van der Waals surface area contributed by atoms with Crippen molar-refractivity contribution in [2.45, 2.75) is 33.4 Å². The summed E-state index contributed by atoms with van der Waals surface area (Å²) in [6.45, 7) is 5.10. The van der Waals surface area contributed by atoms with E-state index in [9.17, 15) is 18.0 Å². The first kappa shape index (κ1) is 21.9. The standard InChI is InChI=1S/C20H20ClF3N4O2/c1-4-8-25-16(29)10-30-17-9-13(20(22,23)24)18-12(3)27-28(19(18)26-17)15-7-5-6-14(21)11(15)2/h5-7,9H,4,8,10H2,1-3H3,(H,25,29). The van der Waals surface area contributed by atoms with Crippen molar-refractivity contribution in [2.24, 2.45) is 0 Å². The molecule has 0 radical (unpaired) electrons. The van der Waals surface area contributed by atoms with Crippen LogP contribution in [0.4, 0.5) is 13.2 Å². The van der Waals surface area contributed by atoms with Crippen LogP contribution in [-0.2, 0) is 11.0 Å². The molecule has 30 heavy (non-hydrogen) atoms. The predicted molar refractivity (Wildman–Crippen MR) is 107 cm³/mol. The van der Waals surface area contributed by atoms with Crippen LogP contribution in [-0.4, -0.2) is 33.8 Å². The van der Waals surface area contributed by atoms with E-state index in [4.69, 9.17) is 16.3 Å². The number of benzene rings is 1. The first-order valence-electron chi connectivity index (χ1n) is 9.26. The lowest BCUT2D eigenvalue weighted by Gasteiger charge is -2.13. The third-order valence-electron chi connectivity index (χ3n) is 4.49. The lowest BCUT2D eigenvalue weighted by atomic mass is 10.1. The summed E-state index contributed by atoms with van der Waals surface area (Å²) in [6, 6.07) is 5.83. The van der Waals surface area contributed by atoms with Crippen LogP contribution in [0.5, 0.6) is 5.88 Å². The molecule has 0 aliphatic carbocycles. The van der Waals surface area contributed by atoms with Gasteiger partial charge in [-0.1, -0.05) is 24.6 Å². The maximum absolute atomic E-state index is 13.8. The van der Waals surface area contributed by atoms with E-state index < -0.39 is 24.3 Å². The summed E-state index contributed by atoms with van der Waals surface area (Å²) >= 11 is 6.17. The number of halogens is 4.